The van der Waals surface area contributed by atoms with E-state index in [9.17, 15) is 4.79 Å². The van der Waals surface area contributed by atoms with E-state index < -0.39 is 0 Å². The first-order chi connectivity index (χ1) is 8.92. The highest BCUT2D eigenvalue weighted by Crippen LogP contribution is 2.70. The Kier molecular flexibility index (Phi) is 2.55. The number of hydrogen-bond donors (Lipinski definition) is 0. The lowest BCUT2D eigenvalue weighted by molar-refractivity contribution is -0.171. The van der Waals surface area contributed by atoms with E-state index in [1.54, 1.807) is 0 Å². The van der Waals surface area contributed by atoms with Crippen LogP contribution in [-0.2, 0) is 4.79 Å². The molecular weight excluding hydrogens is 252 g/mol. The molecule has 0 spiro atoms. The van der Waals surface area contributed by atoms with Crippen molar-refractivity contribution >= 4 is 17.5 Å². The Morgan fingerprint density at radius 2 is 1.74 bits per heavy atom. The first-order valence-electron chi connectivity index (χ1n) is 8.04. The Balaban J connectivity index is 1.68. The number of hydrogen-bond acceptors (Lipinski definition) is 2. The minimum absolute atomic E-state index is 0.0957. The van der Waals surface area contributed by atoms with Crippen LogP contribution in [0.2, 0.25) is 0 Å². The van der Waals surface area contributed by atoms with Crippen LogP contribution in [0.25, 0.3) is 0 Å². The largest absolute Gasteiger partial charge is 0.299 e. The van der Waals surface area contributed by atoms with E-state index in [-0.39, 0.29) is 5.41 Å². The van der Waals surface area contributed by atoms with E-state index in [2.05, 4.69) is 13.8 Å². The SMILES string of the molecule is CC12CC3CC(C)(C1)CC(C(=O)C1CCSC1)(C3)C2. The summed E-state index contributed by atoms with van der Waals surface area (Å²) in [6, 6.07) is 0. The van der Waals surface area contributed by atoms with Gasteiger partial charge in [-0.25, -0.2) is 0 Å². The van der Waals surface area contributed by atoms with Crippen molar-refractivity contribution in [3.63, 3.8) is 0 Å². The van der Waals surface area contributed by atoms with Gasteiger partial charge in [0.2, 0.25) is 0 Å². The number of carbonyl (C=O) groups is 1. The van der Waals surface area contributed by atoms with Gasteiger partial charge in [0, 0.05) is 17.1 Å². The lowest BCUT2D eigenvalue weighted by Crippen LogP contribution is -2.58. The zero-order chi connectivity index (χ0) is 13.3. The lowest BCUT2D eigenvalue weighted by Gasteiger charge is -2.65. The summed E-state index contributed by atoms with van der Waals surface area (Å²) in [5, 5.41) is 0. The van der Waals surface area contributed by atoms with E-state index >= 15 is 0 Å². The summed E-state index contributed by atoms with van der Waals surface area (Å²) < 4.78 is 0. The summed E-state index contributed by atoms with van der Waals surface area (Å²) in [5.41, 5.74) is 1.06. The minimum atomic E-state index is 0.0957. The summed E-state index contributed by atoms with van der Waals surface area (Å²) in [6.07, 6.45) is 9.00. The summed E-state index contributed by atoms with van der Waals surface area (Å²) in [5.74, 6) is 4.25. The molecule has 0 radical (unpaired) electrons. The van der Waals surface area contributed by atoms with Crippen LogP contribution in [0.1, 0.15) is 58.8 Å². The van der Waals surface area contributed by atoms with E-state index in [1.807, 2.05) is 11.8 Å². The zero-order valence-electron chi connectivity index (χ0n) is 12.3. The lowest BCUT2D eigenvalue weighted by atomic mass is 9.39. The monoisotopic (exact) mass is 278 g/mol. The molecule has 1 nitrogen and oxygen atoms in total. The Morgan fingerprint density at radius 3 is 2.26 bits per heavy atom. The van der Waals surface area contributed by atoms with Crippen LogP contribution in [0, 0.1) is 28.1 Å². The molecule has 5 fully saturated rings. The number of Topliss-reactive ketones (excluding diaryl/α,β-unsaturated/α-hetero) is 1. The average molecular weight is 278 g/mol. The van der Waals surface area contributed by atoms with Gasteiger partial charge in [0.25, 0.3) is 0 Å². The smallest absolute Gasteiger partial charge is 0.143 e. The first-order valence-corrected chi connectivity index (χ1v) is 9.20. The quantitative estimate of drug-likeness (QED) is 0.749. The van der Waals surface area contributed by atoms with Gasteiger partial charge in [0.15, 0.2) is 0 Å². The van der Waals surface area contributed by atoms with Crippen molar-refractivity contribution in [1.82, 2.24) is 0 Å². The number of ketones is 1. The highest BCUT2D eigenvalue weighted by molar-refractivity contribution is 7.99. The molecule has 1 saturated heterocycles. The zero-order valence-corrected chi connectivity index (χ0v) is 13.2. The molecule has 2 heteroatoms. The number of thioether (sulfide) groups is 1. The molecule has 4 bridgehead atoms. The van der Waals surface area contributed by atoms with Crippen molar-refractivity contribution in [3.05, 3.63) is 0 Å². The van der Waals surface area contributed by atoms with Crippen molar-refractivity contribution in [3.8, 4) is 0 Å². The van der Waals surface area contributed by atoms with Gasteiger partial charge in [-0.3, -0.25) is 4.79 Å². The van der Waals surface area contributed by atoms with Crippen LogP contribution in [-0.4, -0.2) is 17.3 Å². The molecule has 0 N–H and O–H groups in total. The Hall–Kier alpha value is 0.0200. The minimum Gasteiger partial charge on any atom is -0.299 e. The topological polar surface area (TPSA) is 17.1 Å². The second-order valence-corrected chi connectivity index (χ2v) is 9.98. The highest BCUT2D eigenvalue weighted by Gasteiger charge is 2.63. The molecule has 1 aliphatic heterocycles. The number of rotatable bonds is 2. The normalized spacial score (nSPS) is 55.7. The van der Waals surface area contributed by atoms with Crippen LogP contribution < -0.4 is 0 Å². The molecule has 5 rings (SSSR count). The van der Waals surface area contributed by atoms with Gasteiger partial charge in [0.1, 0.15) is 5.78 Å². The standard InChI is InChI=1S/C17H26OS/c1-15-5-12-6-16(2,9-15)11-17(7-12,10-15)14(18)13-3-4-19-8-13/h12-13H,3-11H2,1-2H3. The molecule has 1 heterocycles. The second kappa shape index (κ2) is 3.81. The molecule has 4 saturated carbocycles. The summed E-state index contributed by atoms with van der Waals surface area (Å²) >= 11 is 1.99. The van der Waals surface area contributed by atoms with Crippen LogP contribution in [0.3, 0.4) is 0 Å². The van der Waals surface area contributed by atoms with Gasteiger partial charge < -0.3 is 0 Å². The van der Waals surface area contributed by atoms with Crippen molar-refractivity contribution in [1.29, 1.82) is 0 Å². The maximum absolute atomic E-state index is 13.2. The molecule has 19 heavy (non-hydrogen) atoms. The Labute approximate surface area is 121 Å². The van der Waals surface area contributed by atoms with Crippen molar-refractivity contribution in [2.24, 2.45) is 28.1 Å². The van der Waals surface area contributed by atoms with Crippen molar-refractivity contribution < 1.29 is 4.79 Å². The van der Waals surface area contributed by atoms with Gasteiger partial charge in [-0.2, -0.15) is 11.8 Å². The maximum atomic E-state index is 13.2. The molecule has 0 aromatic carbocycles. The molecule has 0 aromatic heterocycles. The summed E-state index contributed by atoms with van der Waals surface area (Å²) in [6.45, 7) is 4.95. The van der Waals surface area contributed by atoms with E-state index in [0.717, 1.165) is 18.1 Å². The van der Waals surface area contributed by atoms with E-state index in [0.29, 0.717) is 22.5 Å². The molecule has 4 aliphatic carbocycles. The Bertz CT molecular complexity index is 405. The number of carbonyl (C=O) groups excluding carboxylic acids is 1. The van der Waals surface area contributed by atoms with Gasteiger partial charge >= 0.3 is 0 Å². The second-order valence-electron chi connectivity index (χ2n) is 8.84. The predicted molar refractivity (Wildman–Crippen MR) is 80.3 cm³/mol. The van der Waals surface area contributed by atoms with Gasteiger partial charge in [0.05, 0.1) is 0 Å². The molecule has 106 valence electrons. The highest BCUT2D eigenvalue weighted by atomic mass is 32.2. The molecule has 3 atom stereocenters. The predicted octanol–water partition coefficient (Wildman–Crippen LogP) is 4.31. The first kappa shape index (κ1) is 12.7. The Morgan fingerprint density at radius 1 is 1.05 bits per heavy atom. The fourth-order valence-corrected chi connectivity index (χ4v) is 8.12. The molecular formula is C17H26OS. The summed E-state index contributed by atoms with van der Waals surface area (Å²) in [7, 11) is 0. The van der Waals surface area contributed by atoms with Gasteiger partial charge in [-0.15, -0.1) is 0 Å². The third kappa shape index (κ3) is 1.85. The van der Waals surface area contributed by atoms with E-state index in [1.165, 1.54) is 44.3 Å². The third-order valence-corrected chi connectivity index (χ3v) is 7.61. The van der Waals surface area contributed by atoms with Crippen molar-refractivity contribution in [2.45, 2.75) is 58.8 Å². The van der Waals surface area contributed by atoms with Crippen LogP contribution >= 0.6 is 11.8 Å². The maximum Gasteiger partial charge on any atom is 0.143 e. The molecule has 3 unspecified atom stereocenters. The summed E-state index contributed by atoms with van der Waals surface area (Å²) in [4.78, 5) is 13.2. The van der Waals surface area contributed by atoms with Crippen LogP contribution in [0.4, 0.5) is 0 Å². The van der Waals surface area contributed by atoms with E-state index in [4.69, 9.17) is 0 Å². The fourth-order valence-electron chi connectivity index (χ4n) is 6.90. The van der Waals surface area contributed by atoms with Crippen LogP contribution in [0.15, 0.2) is 0 Å². The average Bonchev–Trinajstić information content (AvgIpc) is 2.75. The molecule has 0 aromatic rings. The van der Waals surface area contributed by atoms with Crippen molar-refractivity contribution in [2.75, 3.05) is 11.5 Å². The fraction of sp³-hybridized carbons (Fsp3) is 0.941. The third-order valence-electron chi connectivity index (χ3n) is 6.45. The van der Waals surface area contributed by atoms with Crippen LogP contribution in [0.5, 0.6) is 0 Å². The van der Waals surface area contributed by atoms with Gasteiger partial charge in [-0.1, -0.05) is 13.8 Å². The molecule has 5 aliphatic rings. The van der Waals surface area contributed by atoms with Gasteiger partial charge in [-0.05, 0) is 67.4 Å². The molecule has 0 amide bonds.